The van der Waals surface area contributed by atoms with Crippen molar-refractivity contribution in [2.24, 2.45) is 0 Å². The first-order chi connectivity index (χ1) is 7.61. The fourth-order valence-corrected chi connectivity index (χ4v) is 3.52. The summed E-state index contributed by atoms with van der Waals surface area (Å²) >= 11 is 11.1. The molecule has 0 fully saturated rings. The molecule has 0 saturated carbocycles. The van der Waals surface area contributed by atoms with Gasteiger partial charge in [-0.1, -0.05) is 0 Å². The molecule has 0 aliphatic carbocycles. The summed E-state index contributed by atoms with van der Waals surface area (Å²) in [6, 6.07) is 4.18. The summed E-state index contributed by atoms with van der Waals surface area (Å²) in [6.45, 7) is 4.89. The molecular weight excluding hydrogens is 308 g/mol. The van der Waals surface area contributed by atoms with Gasteiger partial charge >= 0.3 is 0 Å². The topological polar surface area (TPSA) is 17.8 Å². The monoisotopic (exact) mass is 318 g/mol. The zero-order chi connectivity index (χ0) is 11.7. The average molecular weight is 320 g/mol. The van der Waals surface area contributed by atoms with Crippen LogP contribution in [0.5, 0.6) is 0 Å². The molecule has 0 bridgehead atoms. The second-order valence-electron chi connectivity index (χ2n) is 3.65. The van der Waals surface area contributed by atoms with Gasteiger partial charge in [0.1, 0.15) is 0 Å². The van der Waals surface area contributed by atoms with Gasteiger partial charge in [-0.15, -0.1) is 22.9 Å². The number of aromatic nitrogens is 2. The van der Waals surface area contributed by atoms with E-state index in [0.717, 1.165) is 27.3 Å². The Labute approximate surface area is 112 Å². The Balaban J connectivity index is 2.28. The molecule has 2 nitrogen and oxygen atoms in total. The zero-order valence-corrected chi connectivity index (χ0v) is 12.3. The van der Waals surface area contributed by atoms with E-state index in [1.807, 2.05) is 11.6 Å². The lowest BCUT2D eigenvalue weighted by molar-refractivity contribution is 0.665. The number of rotatable bonds is 3. The first-order valence-corrected chi connectivity index (χ1v) is 7.09. The Hall–Kier alpha value is -0.320. The van der Waals surface area contributed by atoms with Crippen LogP contribution in [-0.2, 0) is 12.4 Å². The number of alkyl halides is 1. The van der Waals surface area contributed by atoms with E-state index in [2.05, 4.69) is 40.1 Å². The van der Waals surface area contributed by atoms with Crippen LogP contribution in [0.15, 0.2) is 15.9 Å². The van der Waals surface area contributed by atoms with Crippen molar-refractivity contribution in [2.75, 3.05) is 0 Å². The van der Waals surface area contributed by atoms with Gasteiger partial charge < -0.3 is 0 Å². The van der Waals surface area contributed by atoms with E-state index in [9.17, 15) is 0 Å². The Bertz CT molecular complexity index is 504. The molecule has 0 aromatic carbocycles. The van der Waals surface area contributed by atoms with Crippen molar-refractivity contribution in [3.05, 3.63) is 37.7 Å². The van der Waals surface area contributed by atoms with Crippen molar-refractivity contribution in [3.63, 3.8) is 0 Å². The smallest absolute Gasteiger partial charge is 0.0755 e. The van der Waals surface area contributed by atoms with Gasteiger partial charge in [-0.3, -0.25) is 4.68 Å². The van der Waals surface area contributed by atoms with Gasteiger partial charge in [0.05, 0.1) is 21.9 Å². The largest absolute Gasteiger partial charge is 0.264 e. The molecule has 0 aliphatic heterocycles. The maximum absolute atomic E-state index is 5.90. The van der Waals surface area contributed by atoms with Crippen LogP contribution in [-0.4, -0.2) is 9.78 Å². The van der Waals surface area contributed by atoms with E-state index in [-0.39, 0.29) is 0 Å². The molecule has 0 unspecified atom stereocenters. The van der Waals surface area contributed by atoms with Crippen molar-refractivity contribution in [1.82, 2.24) is 9.78 Å². The van der Waals surface area contributed by atoms with Crippen LogP contribution in [0.2, 0.25) is 0 Å². The van der Waals surface area contributed by atoms with E-state index in [1.54, 1.807) is 11.3 Å². The highest BCUT2D eigenvalue weighted by atomic mass is 79.9. The third-order valence-corrected chi connectivity index (χ3v) is 4.48. The lowest BCUT2D eigenvalue weighted by Crippen LogP contribution is -2.02. The summed E-state index contributed by atoms with van der Waals surface area (Å²) in [4.78, 5) is 1.29. The van der Waals surface area contributed by atoms with E-state index in [0.29, 0.717) is 5.88 Å². The fraction of sp³-hybridized carbons (Fsp3) is 0.364. The van der Waals surface area contributed by atoms with Crippen LogP contribution in [0, 0.1) is 13.8 Å². The third-order valence-electron chi connectivity index (χ3n) is 2.60. The number of nitrogens with zero attached hydrogens (tertiary/aromatic N) is 2. The Morgan fingerprint density at radius 3 is 2.69 bits per heavy atom. The molecule has 0 atom stereocenters. The van der Waals surface area contributed by atoms with Gasteiger partial charge in [0.15, 0.2) is 0 Å². The summed E-state index contributed by atoms with van der Waals surface area (Å²) < 4.78 is 3.17. The van der Waals surface area contributed by atoms with Crippen LogP contribution in [0.3, 0.4) is 0 Å². The van der Waals surface area contributed by atoms with Crippen molar-refractivity contribution < 1.29 is 0 Å². The van der Waals surface area contributed by atoms with Gasteiger partial charge in [0.25, 0.3) is 0 Å². The summed E-state index contributed by atoms with van der Waals surface area (Å²) in [5, 5.41) is 4.51. The second-order valence-corrected chi connectivity index (χ2v) is 6.46. The van der Waals surface area contributed by atoms with Crippen molar-refractivity contribution >= 4 is 38.9 Å². The highest BCUT2D eigenvalue weighted by Crippen LogP contribution is 2.24. The summed E-state index contributed by atoms with van der Waals surface area (Å²) in [5.74, 6) is 0.534. The molecule has 0 saturated heterocycles. The molecule has 0 radical (unpaired) electrons. The first kappa shape index (κ1) is 12.1. The van der Waals surface area contributed by atoms with Gasteiger partial charge in [-0.2, -0.15) is 5.10 Å². The minimum Gasteiger partial charge on any atom is -0.264 e. The second kappa shape index (κ2) is 4.90. The highest BCUT2D eigenvalue weighted by Gasteiger charge is 2.11. The first-order valence-electron chi connectivity index (χ1n) is 4.95. The predicted molar refractivity (Wildman–Crippen MR) is 72.4 cm³/mol. The van der Waals surface area contributed by atoms with Crippen LogP contribution >= 0.6 is 38.9 Å². The lowest BCUT2D eigenvalue weighted by Gasteiger charge is -2.02. The van der Waals surface area contributed by atoms with Crippen molar-refractivity contribution in [2.45, 2.75) is 26.3 Å². The average Bonchev–Trinajstić information content (AvgIpc) is 2.74. The van der Waals surface area contributed by atoms with Crippen LogP contribution in [0.4, 0.5) is 0 Å². The summed E-state index contributed by atoms with van der Waals surface area (Å²) in [5.41, 5.74) is 3.34. The number of hydrogen-bond acceptors (Lipinski definition) is 2. The van der Waals surface area contributed by atoms with Gasteiger partial charge in [-0.25, -0.2) is 0 Å². The third kappa shape index (κ3) is 2.34. The number of thiophene rings is 1. The van der Waals surface area contributed by atoms with E-state index in [1.165, 1.54) is 4.88 Å². The van der Waals surface area contributed by atoms with Crippen molar-refractivity contribution in [3.8, 4) is 0 Å². The molecule has 2 rings (SSSR count). The maximum Gasteiger partial charge on any atom is 0.0755 e. The van der Waals surface area contributed by atoms with E-state index in [4.69, 9.17) is 11.6 Å². The van der Waals surface area contributed by atoms with E-state index < -0.39 is 0 Å². The molecule has 16 heavy (non-hydrogen) atoms. The molecule has 0 spiro atoms. The van der Waals surface area contributed by atoms with Gasteiger partial charge in [-0.05, 0) is 41.9 Å². The summed E-state index contributed by atoms with van der Waals surface area (Å²) in [7, 11) is 0. The molecule has 2 aromatic rings. The summed E-state index contributed by atoms with van der Waals surface area (Å²) in [6.07, 6.45) is 0. The Morgan fingerprint density at radius 2 is 2.19 bits per heavy atom. The molecule has 2 heterocycles. The normalized spacial score (nSPS) is 11.0. The number of hydrogen-bond donors (Lipinski definition) is 0. The molecule has 0 aliphatic rings. The standard InChI is InChI=1S/C11H12BrClN2S/c1-7-10(5-13)8(2)15(14-7)6-9-3-4-11(12)16-9/h3-4H,5-6H2,1-2H3. The Kier molecular flexibility index (Phi) is 3.72. The van der Waals surface area contributed by atoms with E-state index >= 15 is 0 Å². The Morgan fingerprint density at radius 1 is 1.44 bits per heavy atom. The SMILES string of the molecule is Cc1nn(Cc2ccc(Br)s2)c(C)c1CCl. The molecule has 0 amide bonds. The van der Waals surface area contributed by atoms with Gasteiger partial charge in [0.2, 0.25) is 0 Å². The molecule has 5 heteroatoms. The van der Waals surface area contributed by atoms with Crippen LogP contribution < -0.4 is 0 Å². The molecule has 2 aromatic heterocycles. The zero-order valence-electron chi connectivity index (χ0n) is 9.13. The van der Waals surface area contributed by atoms with Crippen molar-refractivity contribution in [1.29, 1.82) is 0 Å². The highest BCUT2D eigenvalue weighted by molar-refractivity contribution is 9.11. The lowest BCUT2D eigenvalue weighted by atomic mass is 10.2. The minimum absolute atomic E-state index is 0.534. The van der Waals surface area contributed by atoms with Crippen LogP contribution in [0.25, 0.3) is 0 Å². The number of halogens is 2. The van der Waals surface area contributed by atoms with Crippen LogP contribution in [0.1, 0.15) is 21.8 Å². The quantitative estimate of drug-likeness (QED) is 0.778. The molecular formula is C11H12BrClN2S. The predicted octanol–water partition coefficient (Wildman–Crippen LogP) is 4.11. The molecule has 0 N–H and O–H groups in total. The molecule has 86 valence electrons. The van der Waals surface area contributed by atoms with Gasteiger partial charge in [0, 0.05) is 16.1 Å². The number of aryl methyl sites for hydroxylation is 1. The maximum atomic E-state index is 5.90. The fourth-order valence-electron chi connectivity index (χ4n) is 1.67. The minimum atomic E-state index is 0.534.